The number of allylic oxidation sites excluding steroid dienone is 3. The Labute approximate surface area is 175 Å². The van der Waals surface area contributed by atoms with Gasteiger partial charge in [-0.3, -0.25) is 0 Å². The second kappa shape index (κ2) is 7.44. The van der Waals surface area contributed by atoms with Gasteiger partial charge < -0.3 is 4.90 Å². The molecule has 0 aromatic heterocycles. The molecule has 0 heterocycles. The number of fused-ring (bicyclic) bond motifs is 1. The highest BCUT2D eigenvalue weighted by Gasteiger charge is 2.37. The van der Waals surface area contributed by atoms with Crippen LogP contribution in [0.4, 0.5) is 11.4 Å². The summed E-state index contributed by atoms with van der Waals surface area (Å²) < 4.78 is 0. The molecular weight excluding hydrogens is 362 g/mol. The molecule has 2 aromatic carbocycles. The molecule has 0 fully saturated rings. The van der Waals surface area contributed by atoms with Gasteiger partial charge in [-0.05, 0) is 90.6 Å². The van der Waals surface area contributed by atoms with Crippen molar-refractivity contribution in [1.29, 1.82) is 0 Å². The summed E-state index contributed by atoms with van der Waals surface area (Å²) in [5.41, 5.74) is 7.83. The zero-order valence-electron chi connectivity index (χ0n) is 18.1. The van der Waals surface area contributed by atoms with Gasteiger partial charge in [0.05, 0.1) is 0 Å². The van der Waals surface area contributed by atoms with Crippen molar-refractivity contribution in [2.45, 2.75) is 65.2 Å². The van der Waals surface area contributed by atoms with Crippen molar-refractivity contribution in [2.75, 3.05) is 4.90 Å². The van der Waals surface area contributed by atoms with E-state index in [1.807, 2.05) is 24.3 Å². The van der Waals surface area contributed by atoms with E-state index in [0.29, 0.717) is 0 Å². The topological polar surface area (TPSA) is 3.24 Å². The van der Waals surface area contributed by atoms with E-state index in [4.69, 9.17) is 11.6 Å². The van der Waals surface area contributed by atoms with Gasteiger partial charge in [-0.15, -0.1) is 0 Å². The van der Waals surface area contributed by atoms with E-state index in [-0.39, 0.29) is 10.8 Å². The lowest BCUT2D eigenvalue weighted by atomic mass is 9.63. The first-order valence-corrected chi connectivity index (χ1v) is 10.4. The van der Waals surface area contributed by atoms with E-state index in [1.54, 1.807) is 0 Å². The number of anilines is 2. The minimum absolute atomic E-state index is 0.173. The van der Waals surface area contributed by atoms with Gasteiger partial charge in [-0.2, -0.15) is 0 Å². The van der Waals surface area contributed by atoms with Gasteiger partial charge in [-0.25, -0.2) is 0 Å². The zero-order chi connectivity index (χ0) is 20.7. The van der Waals surface area contributed by atoms with Gasteiger partial charge in [0.25, 0.3) is 0 Å². The van der Waals surface area contributed by atoms with Gasteiger partial charge in [0.15, 0.2) is 0 Å². The molecule has 3 rings (SSSR count). The van der Waals surface area contributed by atoms with E-state index < -0.39 is 0 Å². The molecule has 1 aliphatic carbocycles. The van der Waals surface area contributed by atoms with Gasteiger partial charge in [0, 0.05) is 22.1 Å². The Balaban J connectivity index is 2.22. The van der Waals surface area contributed by atoms with Crippen LogP contribution in [-0.4, -0.2) is 0 Å². The normalized spacial score (nSPS) is 17.8. The lowest BCUT2D eigenvalue weighted by Crippen LogP contribution is -2.34. The lowest BCUT2D eigenvalue weighted by Gasteiger charge is -2.42. The number of halogens is 1. The van der Waals surface area contributed by atoms with Gasteiger partial charge >= 0.3 is 0 Å². The number of hydrogen-bond acceptors (Lipinski definition) is 1. The minimum atomic E-state index is 0.173. The van der Waals surface area contributed by atoms with Crippen molar-refractivity contribution in [3.05, 3.63) is 82.5 Å². The van der Waals surface area contributed by atoms with E-state index in [0.717, 1.165) is 22.0 Å². The Kier molecular flexibility index (Phi) is 5.51. The third kappa shape index (κ3) is 3.91. The molecule has 28 heavy (non-hydrogen) atoms. The molecule has 0 aliphatic heterocycles. The standard InChI is InChI=1S/C26H32ClN/c1-8-9-19(3)28(22-15-18(2)14-20(27)16-22)21-10-11-23-24(17-21)26(6,7)13-12-25(23,4)5/h8-11,14-17H,1,12-13H2,2-7H3/b19-9+. The van der Waals surface area contributed by atoms with E-state index in [1.165, 1.54) is 29.7 Å². The third-order valence-corrected chi connectivity index (χ3v) is 6.31. The molecule has 0 radical (unpaired) electrons. The number of rotatable bonds is 4. The summed E-state index contributed by atoms with van der Waals surface area (Å²) >= 11 is 6.40. The van der Waals surface area contributed by atoms with Crippen molar-refractivity contribution in [3.63, 3.8) is 0 Å². The second-order valence-electron chi connectivity index (χ2n) is 9.36. The van der Waals surface area contributed by atoms with Crippen LogP contribution in [0.1, 0.15) is 64.2 Å². The van der Waals surface area contributed by atoms with Crippen LogP contribution in [0.3, 0.4) is 0 Å². The molecule has 1 nitrogen and oxygen atoms in total. The molecule has 0 atom stereocenters. The van der Waals surface area contributed by atoms with Crippen LogP contribution in [0.2, 0.25) is 5.02 Å². The van der Waals surface area contributed by atoms with E-state index >= 15 is 0 Å². The molecule has 0 saturated heterocycles. The molecule has 0 spiro atoms. The van der Waals surface area contributed by atoms with Crippen LogP contribution in [-0.2, 0) is 10.8 Å². The molecule has 0 saturated carbocycles. The third-order valence-electron chi connectivity index (χ3n) is 6.09. The van der Waals surface area contributed by atoms with Crippen molar-refractivity contribution in [1.82, 2.24) is 0 Å². The van der Waals surface area contributed by atoms with Crippen molar-refractivity contribution < 1.29 is 0 Å². The maximum atomic E-state index is 6.40. The first-order chi connectivity index (χ1) is 13.0. The fourth-order valence-electron chi connectivity index (χ4n) is 4.36. The Hall–Kier alpha value is -1.99. The fraction of sp³-hybridized carbons (Fsp3) is 0.385. The Morgan fingerprint density at radius 2 is 1.61 bits per heavy atom. The Morgan fingerprint density at radius 3 is 2.21 bits per heavy atom. The molecule has 0 N–H and O–H groups in total. The summed E-state index contributed by atoms with van der Waals surface area (Å²) in [6, 6.07) is 13.2. The molecule has 2 aromatic rings. The van der Waals surface area contributed by atoms with E-state index in [9.17, 15) is 0 Å². The summed E-state index contributed by atoms with van der Waals surface area (Å²) in [4.78, 5) is 2.28. The highest BCUT2D eigenvalue weighted by Crippen LogP contribution is 2.47. The summed E-state index contributed by atoms with van der Waals surface area (Å²) in [6.45, 7) is 17.5. The predicted molar refractivity (Wildman–Crippen MR) is 124 cm³/mol. The monoisotopic (exact) mass is 393 g/mol. The molecule has 0 unspecified atom stereocenters. The van der Waals surface area contributed by atoms with Gasteiger partial charge in [0.2, 0.25) is 0 Å². The average molecular weight is 394 g/mol. The maximum absolute atomic E-state index is 6.40. The lowest BCUT2D eigenvalue weighted by molar-refractivity contribution is 0.332. The van der Waals surface area contributed by atoms with Crippen molar-refractivity contribution >= 4 is 23.0 Å². The second-order valence-corrected chi connectivity index (χ2v) is 9.80. The molecule has 1 aliphatic rings. The van der Waals surface area contributed by atoms with Gasteiger partial charge in [0.1, 0.15) is 0 Å². The maximum Gasteiger partial charge on any atom is 0.0475 e. The SMILES string of the molecule is C=C/C=C(\C)N(c1cc(C)cc(Cl)c1)c1ccc2c(c1)C(C)(C)CCC2(C)C. The summed E-state index contributed by atoms with van der Waals surface area (Å²) in [5.74, 6) is 0. The summed E-state index contributed by atoms with van der Waals surface area (Å²) in [7, 11) is 0. The van der Waals surface area contributed by atoms with Crippen LogP contribution >= 0.6 is 11.6 Å². The Morgan fingerprint density at radius 1 is 0.964 bits per heavy atom. The first kappa shape index (κ1) is 20.7. The largest absolute Gasteiger partial charge is 0.314 e. The van der Waals surface area contributed by atoms with Crippen LogP contribution in [0.25, 0.3) is 0 Å². The Bertz CT molecular complexity index is 913. The number of nitrogens with zero attached hydrogens (tertiary/aromatic N) is 1. The first-order valence-electron chi connectivity index (χ1n) is 10.1. The summed E-state index contributed by atoms with van der Waals surface area (Å²) in [5, 5.41) is 0.755. The van der Waals surface area contributed by atoms with E-state index in [2.05, 4.69) is 77.3 Å². The molecule has 0 bridgehead atoms. The van der Waals surface area contributed by atoms with Crippen molar-refractivity contribution in [2.24, 2.45) is 0 Å². The summed E-state index contributed by atoms with van der Waals surface area (Å²) in [6.07, 6.45) is 6.31. The number of benzene rings is 2. The quantitative estimate of drug-likeness (QED) is 0.473. The van der Waals surface area contributed by atoms with Crippen LogP contribution < -0.4 is 4.90 Å². The highest BCUT2D eigenvalue weighted by atomic mass is 35.5. The van der Waals surface area contributed by atoms with Crippen LogP contribution in [0.5, 0.6) is 0 Å². The molecule has 0 amide bonds. The molecule has 148 valence electrons. The highest BCUT2D eigenvalue weighted by molar-refractivity contribution is 6.31. The number of hydrogen-bond donors (Lipinski definition) is 0. The molecule has 2 heteroatoms. The molecular formula is C26H32ClN. The van der Waals surface area contributed by atoms with Gasteiger partial charge in [-0.1, -0.05) is 58.0 Å². The fourth-order valence-corrected chi connectivity index (χ4v) is 4.65. The zero-order valence-corrected chi connectivity index (χ0v) is 18.8. The van der Waals surface area contributed by atoms with Crippen molar-refractivity contribution in [3.8, 4) is 0 Å². The minimum Gasteiger partial charge on any atom is -0.314 e. The smallest absolute Gasteiger partial charge is 0.0475 e. The number of aryl methyl sites for hydroxylation is 1. The predicted octanol–water partition coefficient (Wildman–Crippen LogP) is 8.23. The van der Waals surface area contributed by atoms with Crippen LogP contribution in [0, 0.1) is 6.92 Å². The van der Waals surface area contributed by atoms with Crippen LogP contribution in [0.15, 0.2) is 60.8 Å². The average Bonchev–Trinajstić information content (AvgIpc) is 2.59.